The molecule has 1 aromatic rings. The zero-order valence-corrected chi connectivity index (χ0v) is 17.3. The van der Waals surface area contributed by atoms with E-state index >= 15 is 0 Å². The van der Waals surface area contributed by atoms with Gasteiger partial charge in [-0.15, -0.1) is 0 Å². The van der Waals surface area contributed by atoms with E-state index in [1.807, 2.05) is 0 Å². The first-order chi connectivity index (χ1) is 12.8. The Kier molecular flexibility index (Phi) is 4.83. The molecule has 3 fully saturated rings. The molecule has 4 heterocycles. The second-order valence-electron chi connectivity index (χ2n) is 8.45. The molecule has 0 saturated carbocycles. The zero-order valence-electron chi connectivity index (χ0n) is 16.5. The van der Waals surface area contributed by atoms with E-state index in [0.717, 1.165) is 32.1 Å². The van der Waals surface area contributed by atoms with Crippen LogP contribution in [-0.4, -0.2) is 58.5 Å². The van der Waals surface area contributed by atoms with Crippen LogP contribution in [0.2, 0.25) is 0 Å². The minimum Gasteiger partial charge on any atom is -0.336 e. The Morgan fingerprint density at radius 2 is 2.00 bits per heavy atom. The lowest BCUT2D eigenvalue weighted by molar-refractivity contribution is -0.151. The molecule has 1 aromatic heterocycles. The zero-order chi connectivity index (χ0) is 19.3. The molecule has 0 radical (unpaired) electrons. The fraction of sp³-hybridized carbons (Fsp3) is 0.789. The Hall–Kier alpha value is -1.41. The number of hydrogen-bond donors (Lipinski definition) is 0. The first kappa shape index (κ1) is 18.9. The molecule has 0 N–H and O–H groups in total. The van der Waals surface area contributed by atoms with Gasteiger partial charge in [-0.2, -0.15) is 9.40 Å². The van der Waals surface area contributed by atoms with Gasteiger partial charge in [0, 0.05) is 44.2 Å². The number of nitrogens with zero attached hydrogens (tertiary/aromatic N) is 4. The molecule has 7 nitrogen and oxygen atoms in total. The number of aromatic nitrogens is 2. The molecule has 4 atom stereocenters. The highest BCUT2D eigenvalue weighted by Crippen LogP contribution is 2.44. The Morgan fingerprint density at radius 1 is 1.26 bits per heavy atom. The number of carbonyl (C=O) groups excluding carboxylic acids is 1. The molecule has 27 heavy (non-hydrogen) atoms. The fourth-order valence-corrected chi connectivity index (χ4v) is 7.49. The molecule has 0 unspecified atom stereocenters. The quantitative estimate of drug-likeness (QED) is 0.782. The van der Waals surface area contributed by atoms with E-state index in [2.05, 4.69) is 16.9 Å². The second-order valence-corrected chi connectivity index (χ2v) is 10.3. The highest BCUT2D eigenvalue weighted by atomic mass is 32.2. The average Bonchev–Trinajstić information content (AvgIpc) is 2.98. The van der Waals surface area contributed by atoms with Crippen LogP contribution in [0.25, 0.3) is 0 Å². The smallest absolute Gasteiger partial charge is 0.260 e. The standard InChI is InChI=1S/C19H30N4O3S/c1-4-6-16-14-9-15(17-7-5-8-18(24)23(16)17)12-22(11-14)27(25,26)19-13(2)10-20-21(19)3/h10,14-17H,4-9,11-12H2,1-3H3/t14-,15+,16-,17-/m0/s1. The SMILES string of the molecule is CCC[C@H]1[C@H]2C[C@H](CN(S(=O)(=O)c3c(C)cnn3C)C2)[C@@H]2CCCC(=O)N21. The molecule has 3 aliphatic heterocycles. The minimum absolute atomic E-state index is 0.176. The van der Waals surface area contributed by atoms with Crippen LogP contribution in [0, 0.1) is 18.8 Å². The van der Waals surface area contributed by atoms with Crippen molar-refractivity contribution in [3.63, 3.8) is 0 Å². The highest BCUT2D eigenvalue weighted by Gasteiger charge is 2.51. The number of hydrogen-bond acceptors (Lipinski definition) is 4. The third-order valence-electron chi connectivity index (χ3n) is 6.69. The van der Waals surface area contributed by atoms with Crippen molar-refractivity contribution in [2.24, 2.45) is 18.9 Å². The summed E-state index contributed by atoms with van der Waals surface area (Å²) in [5, 5.41) is 4.42. The molecule has 0 aromatic carbocycles. The van der Waals surface area contributed by atoms with Crippen LogP contribution in [0.4, 0.5) is 0 Å². The number of aryl methyl sites for hydroxylation is 2. The summed E-state index contributed by atoms with van der Waals surface area (Å²) in [6.45, 7) is 4.96. The first-order valence-corrected chi connectivity index (χ1v) is 11.6. The highest BCUT2D eigenvalue weighted by molar-refractivity contribution is 7.89. The van der Waals surface area contributed by atoms with Crippen molar-refractivity contribution in [2.45, 2.75) is 69.5 Å². The van der Waals surface area contributed by atoms with Crippen molar-refractivity contribution in [3.05, 3.63) is 11.8 Å². The van der Waals surface area contributed by atoms with Gasteiger partial charge in [-0.05, 0) is 44.4 Å². The summed E-state index contributed by atoms with van der Waals surface area (Å²) >= 11 is 0. The Bertz CT molecular complexity index is 815. The van der Waals surface area contributed by atoms with Gasteiger partial charge in [0.15, 0.2) is 5.03 Å². The monoisotopic (exact) mass is 394 g/mol. The van der Waals surface area contributed by atoms with Crippen LogP contribution in [0.3, 0.4) is 0 Å². The van der Waals surface area contributed by atoms with Crippen LogP contribution in [-0.2, 0) is 21.9 Å². The maximum atomic E-state index is 13.4. The number of fused-ring (bicyclic) bond motifs is 4. The van der Waals surface area contributed by atoms with Gasteiger partial charge in [-0.1, -0.05) is 13.3 Å². The molecular weight excluding hydrogens is 364 g/mol. The summed E-state index contributed by atoms with van der Waals surface area (Å²) in [5.74, 6) is 0.743. The van der Waals surface area contributed by atoms with Crippen molar-refractivity contribution in [2.75, 3.05) is 13.1 Å². The summed E-state index contributed by atoms with van der Waals surface area (Å²) < 4.78 is 29.9. The van der Waals surface area contributed by atoms with E-state index in [1.54, 1.807) is 24.5 Å². The topological polar surface area (TPSA) is 75.5 Å². The minimum atomic E-state index is -3.58. The number of carbonyl (C=O) groups is 1. The molecule has 4 rings (SSSR count). The van der Waals surface area contributed by atoms with E-state index in [-0.39, 0.29) is 29.8 Å². The number of piperidine rings is 3. The molecule has 8 heteroatoms. The van der Waals surface area contributed by atoms with Gasteiger partial charge in [0.25, 0.3) is 10.0 Å². The molecule has 2 bridgehead atoms. The predicted octanol–water partition coefficient (Wildman–Crippen LogP) is 1.92. The maximum Gasteiger partial charge on any atom is 0.260 e. The van der Waals surface area contributed by atoms with Crippen LogP contribution >= 0.6 is 0 Å². The summed E-state index contributed by atoms with van der Waals surface area (Å²) in [7, 11) is -1.89. The van der Waals surface area contributed by atoms with Crippen LogP contribution in [0.1, 0.15) is 51.0 Å². The Labute approximate surface area is 161 Å². The van der Waals surface area contributed by atoms with Gasteiger partial charge in [0.1, 0.15) is 0 Å². The van der Waals surface area contributed by atoms with Crippen molar-refractivity contribution in [3.8, 4) is 0 Å². The average molecular weight is 395 g/mol. The third-order valence-corrected chi connectivity index (χ3v) is 8.74. The summed E-state index contributed by atoms with van der Waals surface area (Å²) in [6, 6.07) is 0.374. The predicted molar refractivity (Wildman–Crippen MR) is 101 cm³/mol. The van der Waals surface area contributed by atoms with Crippen LogP contribution in [0.5, 0.6) is 0 Å². The number of amides is 1. The van der Waals surface area contributed by atoms with Gasteiger partial charge in [-0.25, -0.2) is 8.42 Å². The largest absolute Gasteiger partial charge is 0.336 e. The van der Waals surface area contributed by atoms with E-state index in [0.29, 0.717) is 30.1 Å². The van der Waals surface area contributed by atoms with Crippen LogP contribution in [0.15, 0.2) is 11.2 Å². The van der Waals surface area contributed by atoms with Gasteiger partial charge in [0.05, 0.1) is 6.20 Å². The van der Waals surface area contributed by atoms with Crippen molar-refractivity contribution in [1.82, 2.24) is 19.0 Å². The summed E-state index contributed by atoms with van der Waals surface area (Å²) in [6.07, 6.45) is 7.19. The lowest BCUT2D eigenvalue weighted by Gasteiger charge is -2.56. The Morgan fingerprint density at radius 3 is 2.67 bits per heavy atom. The van der Waals surface area contributed by atoms with Crippen LogP contribution < -0.4 is 0 Å². The molecule has 0 spiro atoms. The van der Waals surface area contributed by atoms with Crippen molar-refractivity contribution >= 4 is 15.9 Å². The van der Waals surface area contributed by atoms with Crippen molar-refractivity contribution < 1.29 is 13.2 Å². The van der Waals surface area contributed by atoms with Gasteiger partial charge >= 0.3 is 0 Å². The summed E-state index contributed by atoms with van der Waals surface area (Å²) in [5.41, 5.74) is 0.688. The second kappa shape index (κ2) is 6.88. The molecule has 0 aliphatic carbocycles. The van der Waals surface area contributed by atoms with E-state index in [9.17, 15) is 13.2 Å². The molecule has 150 valence electrons. The lowest BCUT2D eigenvalue weighted by atomic mass is 9.71. The Balaban J connectivity index is 1.68. The first-order valence-electron chi connectivity index (χ1n) is 10.1. The van der Waals surface area contributed by atoms with E-state index in [4.69, 9.17) is 0 Å². The lowest BCUT2D eigenvalue weighted by Crippen LogP contribution is -2.65. The van der Waals surface area contributed by atoms with Crippen molar-refractivity contribution in [1.29, 1.82) is 0 Å². The molecule has 3 saturated heterocycles. The molecule has 1 amide bonds. The van der Waals surface area contributed by atoms with Gasteiger partial charge in [-0.3, -0.25) is 9.48 Å². The number of sulfonamides is 1. The van der Waals surface area contributed by atoms with E-state index in [1.165, 1.54) is 4.68 Å². The normalized spacial score (nSPS) is 31.8. The van der Waals surface area contributed by atoms with Gasteiger partial charge < -0.3 is 4.90 Å². The third kappa shape index (κ3) is 3.01. The fourth-order valence-electron chi connectivity index (χ4n) is 5.63. The van der Waals surface area contributed by atoms with Gasteiger partial charge in [0.2, 0.25) is 5.91 Å². The van der Waals surface area contributed by atoms with E-state index < -0.39 is 10.0 Å². The summed E-state index contributed by atoms with van der Waals surface area (Å²) in [4.78, 5) is 14.8. The molecular formula is C19H30N4O3S. The number of rotatable bonds is 4. The molecule has 3 aliphatic rings. The maximum absolute atomic E-state index is 13.4.